The highest BCUT2D eigenvalue weighted by molar-refractivity contribution is 7.89. The summed E-state index contributed by atoms with van der Waals surface area (Å²) in [5, 5.41) is 0.686. The van der Waals surface area contributed by atoms with Crippen molar-refractivity contribution < 1.29 is 17.6 Å². The summed E-state index contributed by atoms with van der Waals surface area (Å²) in [7, 11) is -3.77. The Hall–Kier alpha value is -1.86. The van der Waals surface area contributed by atoms with Crippen LogP contribution in [-0.4, -0.2) is 38.4 Å². The zero-order valence-corrected chi connectivity index (χ0v) is 18.2. The van der Waals surface area contributed by atoms with Gasteiger partial charge in [0, 0.05) is 30.1 Å². The zero-order chi connectivity index (χ0) is 20.6. The van der Waals surface area contributed by atoms with E-state index in [1.807, 2.05) is 24.8 Å². The van der Waals surface area contributed by atoms with Crippen LogP contribution in [0.3, 0.4) is 0 Å². The van der Waals surface area contributed by atoms with Crippen LogP contribution in [0, 0.1) is 20.8 Å². The van der Waals surface area contributed by atoms with E-state index in [2.05, 4.69) is 4.72 Å². The van der Waals surface area contributed by atoms with Crippen molar-refractivity contribution in [3.8, 4) is 0 Å². The Balaban J connectivity index is 2.17. The molecule has 6 nitrogen and oxygen atoms in total. The lowest BCUT2D eigenvalue weighted by Gasteiger charge is -2.19. The minimum absolute atomic E-state index is 0.134. The molecule has 0 atom stereocenters. The van der Waals surface area contributed by atoms with Gasteiger partial charge in [0.15, 0.2) is 11.3 Å². The average Bonchev–Trinajstić information content (AvgIpc) is 2.78. The molecule has 1 aromatic heterocycles. The summed E-state index contributed by atoms with van der Waals surface area (Å²) in [5.41, 5.74) is 2.47. The molecule has 1 N–H and O–H groups in total. The Labute approximate surface area is 167 Å². The molecule has 3 rings (SSSR count). The fourth-order valence-corrected chi connectivity index (χ4v) is 5.56. The van der Waals surface area contributed by atoms with Crippen LogP contribution in [-0.2, 0) is 10.0 Å². The first kappa shape index (κ1) is 20.9. The smallest absolute Gasteiger partial charge is 0.289 e. The van der Waals surface area contributed by atoms with E-state index in [9.17, 15) is 13.2 Å². The predicted molar refractivity (Wildman–Crippen MR) is 110 cm³/mol. The third kappa shape index (κ3) is 3.82. The van der Waals surface area contributed by atoms with Crippen LogP contribution in [0.25, 0.3) is 11.0 Å². The van der Waals surface area contributed by atoms with E-state index < -0.39 is 10.0 Å². The van der Waals surface area contributed by atoms with Crippen LogP contribution in [0.2, 0.25) is 0 Å². The standard InChI is InChI=1S/C21H30N2O4S/c1-13(2)22-28(25,26)20-15(4)14(3)12-17-16(5)18(27-19(17)20)21(24)23-10-8-6-7-9-11-23/h12-13,22H,6-11H2,1-5H3. The van der Waals surface area contributed by atoms with Gasteiger partial charge in [-0.2, -0.15) is 0 Å². The quantitative estimate of drug-likeness (QED) is 0.830. The maximum atomic E-state index is 13.1. The van der Waals surface area contributed by atoms with Crippen LogP contribution in [0.5, 0.6) is 0 Å². The lowest BCUT2D eigenvalue weighted by molar-refractivity contribution is 0.0731. The Bertz CT molecular complexity index is 997. The Kier molecular flexibility index (Phi) is 5.87. The molecule has 1 amide bonds. The highest BCUT2D eigenvalue weighted by Gasteiger charge is 2.30. The number of carbonyl (C=O) groups is 1. The normalized spacial score (nSPS) is 16.0. The van der Waals surface area contributed by atoms with Crippen molar-refractivity contribution in [3.05, 3.63) is 28.5 Å². The predicted octanol–water partition coefficient (Wildman–Crippen LogP) is 4.06. The van der Waals surface area contributed by atoms with Crippen LogP contribution in [0.1, 0.15) is 66.8 Å². The van der Waals surface area contributed by atoms with Crippen molar-refractivity contribution in [2.45, 2.75) is 71.2 Å². The van der Waals surface area contributed by atoms with Crippen molar-refractivity contribution in [2.75, 3.05) is 13.1 Å². The average molecular weight is 407 g/mol. The second-order valence-corrected chi connectivity index (χ2v) is 9.71. The number of rotatable bonds is 4. The maximum Gasteiger partial charge on any atom is 0.289 e. The van der Waals surface area contributed by atoms with Gasteiger partial charge < -0.3 is 9.32 Å². The molecular weight excluding hydrogens is 376 g/mol. The summed E-state index contributed by atoms with van der Waals surface area (Å²) < 4.78 is 34.6. The fourth-order valence-electron chi connectivity index (χ4n) is 3.86. The Morgan fingerprint density at radius 2 is 1.68 bits per heavy atom. The Morgan fingerprint density at radius 1 is 1.07 bits per heavy atom. The molecule has 1 fully saturated rings. The first-order valence-corrected chi connectivity index (χ1v) is 11.5. The molecule has 1 aromatic carbocycles. The number of hydrogen-bond donors (Lipinski definition) is 1. The van der Waals surface area contributed by atoms with Crippen molar-refractivity contribution in [1.29, 1.82) is 0 Å². The monoisotopic (exact) mass is 406 g/mol. The number of likely N-dealkylation sites (tertiary alicyclic amines) is 1. The third-order valence-corrected chi connectivity index (χ3v) is 7.25. The van der Waals surface area contributed by atoms with E-state index in [4.69, 9.17) is 4.42 Å². The number of aryl methyl sites for hydroxylation is 2. The number of amides is 1. The van der Waals surface area contributed by atoms with E-state index in [1.54, 1.807) is 20.8 Å². The number of nitrogens with one attached hydrogen (secondary N) is 1. The molecule has 0 aliphatic carbocycles. The summed E-state index contributed by atoms with van der Waals surface area (Å²) in [4.78, 5) is 15.1. The Morgan fingerprint density at radius 3 is 2.25 bits per heavy atom. The minimum Gasteiger partial charge on any atom is -0.449 e. The third-order valence-electron chi connectivity index (χ3n) is 5.44. The van der Waals surface area contributed by atoms with Crippen molar-refractivity contribution in [2.24, 2.45) is 0 Å². The first-order chi connectivity index (χ1) is 13.1. The number of sulfonamides is 1. The van der Waals surface area contributed by atoms with E-state index >= 15 is 0 Å². The molecule has 154 valence electrons. The SMILES string of the molecule is Cc1cc2c(C)c(C(=O)N3CCCCCC3)oc2c(S(=O)(=O)NC(C)C)c1C. The molecule has 2 heterocycles. The van der Waals surface area contributed by atoms with Gasteiger partial charge in [-0.3, -0.25) is 4.79 Å². The van der Waals surface area contributed by atoms with Gasteiger partial charge in [-0.1, -0.05) is 12.8 Å². The minimum atomic E-state index is -3.77. The van der Waals surface area contributed by atoms with Gasteiger partial charge in [0.2, 0.25) is 10.0 Å². The van der Waals surface area contributed by atoms with Crippen molar-refractivity contribution >= 4 is 26.9 Å². The van der Waals surface area contributed by atoms with E-state index in [0.29, 0.717) is 29.6 Å². The highest BCUT2D eigenvalue weighted by Crippen LogP contribution is 2.35. The summed E-state index contributed by atoms with van der Waals surface area (Å²) in [6.07, 6.45) is 4.23. The molecular formula is C21H30N2O4S. The molecule has 1 aliphatic rings. The van der Waals surface area contributed by atoms with Gasteiger partial charge in [0.05, 0.1) is 0 Å². The maximum absolute atomic E-state index is 13.1. The van der Waals surface area contributed by atoms with Gasteiger partial charge in [0.25, 0.3) is 5.91 Å². The second kappa shape index (κ2) is 7.87. The molecule has 0 radical (unpaired) electrons. The van der Waals surface area contributed by atoms with Gasteiger partial charge in [-0.25, -0.2) is 13.1 Å². The van der Waals surface area contributed by atoms with E-state index in [1.165, 1.54) is 0 Å². The number of hydrogen-bond acceptors (Lipinski definition) is 4. The van der Waals surface area contributed by atoms with Crippen LogP contribution in [0.15, 0.2) is 15.4 Å². The topological polar surface area (TPSA) is 79.6 Å². The summed E-state index contributed by atoms with van der Waals surface area (Å²) in [6.45, 7) is 10.5. The molecule has 0 saturated carbocycles. The second-order valence-electron chi connectivity index (χ2n) is 8.06. The lowest BCUT2D eigenvalue weighted by atomic mass is 10.0. The molecule has 7 heteroatoms. The molecule has 0 bridgehead atoms. The van der Waals surface area contributed by atoms with Crippen LogP contribution >= 0.6 is 0 Å². The molecule has 1 aliphatic heterocycles. The number of fused-ring (bicyclic) bond motifs is 1. The fraction of sp³-hybridized carbons (Fsp3) is 0.571. The number of benzene rings is 1. The van der Waals surface area contributed by atoms with Crippen LogP contribution in [0.4, 0.5) is 0 Å². The molecule has 0 spiro atoms. The molecule has 0 unspecified atom stereocenters. The van der Waals surface area contributed by atoms with Gasteiger partial charge >= 0.3 is 0 Å². The van der Waals surface area contributed by atoms with Gasteiger partial charge in [-0.15, -0.1) is 0 Å². The largest absolute Gasteiger partial charge is 0.449 e. The molecule has 1 saturated heterocycles. The number of furan rings is 1. The summed E-state index contributed by atoms with van der Waals surface area (Å²) >= 11 is 0. The van der Waals surface area contributed by atoms with Gasteiger partial charge in [0.1, 0.15) is 4.90 Å². The summed E-state index contributed by atoms with van der Waals surface area (Å²) in [6, 6.07) is 1.67. The highest BCUT2D eigenvalue weighted by atomic mass is 32.2. The summed E-state index contributed by atoms with van der Waals surface area (Å²) in [5.74, 6) is 0.106. The molecule has 28 heavy (non-hydrogen) atoms. The van der Waals surface area contributed by atoms with Crippen molar-refractivity contribution in [3.63, 3.8) is 0 Å². The lowest BCUT2D eigenvalue weighted by Crippen LogP contribution is -2.32. The van der Waals surface area contributed by atoms with Crippen LogP contribution < -0.4 is 4.72 Å². The zero-order valence-electron chi connectivity index (χ0n) is 17.4. The van der Waals surface area contributed by atoms with E-state index in [-0.39, 0.29) is 28.2 Å². The number of nitrogens with zero attached hydrogens (tertiary/aromatic N) is 1. The first-order valence-electron chi connectivity index (χ1n) is 9.98. The van der Waals surface area contributed by atoms with Crippen molar-refractivity contribution in [1.82, 2.24) is 9.62 Å². The van der Waals surface area contributed by atoms with Gasteiger partial charge in [-0.05, 0) is 64.7 Å². The number of carbonyl (C=O) groups excluding carboxylic acids is 1. The van der Waals surface area contributed by atoms with E-state index in [0.717, 1.165) is 31.2 Å². The molecule has 2 aromatic rings.